The average molecular weight is 1050 g/mol. The predicted octanol–water partition coefficient (Wildman–Crippen LogP) is 21.9. The van der Waals surface area contributed by atoms with Gasteiger partial charge in [-0.3, -0.25) is 14.4 Å². The fourth-order valence-corrected chi connectivity index (χ4v) is 9.09. The number of rotatable bonds is 58. The molecule has 0 aliphatic carbocycles. The molecule has 0 heterocycles. The highest BCUT2D eigenvalue weighted by Gasteiger charge is 2.19. The van der Waals surface area contributed by atoms with E-state index in [0.29, 0.717) is 19.3 Å². The van der Waals surface area contributed by atoms with Crippen LogP contribution >= 0.6 is 0 Å². The third kappa shape index (κ3) is 61.3. The molecule has 0 rings (SSSR count). The number of esters is 3. The van der Waals surface area contributed by atoms with Gasteiger partial charge in [0.2, 0.25) is 0 Å². The van der Waals surface area contributed by atoms with Crippen LogP contribution in [0.4, 0.5) is 0 Å². The van der Waals surface area contributed by atoms with Crippen LogP contribution in [0.5, 0.6) is 0 Å². The average Bonchev–Trinajstić information content (AvgIpc) is 3.41. The molecular weight excluding hydrogens is 925 g/mol. The van der Waals surface area contributed by atoms with Crippen molar-refractivity contribution in [1.29, 1.82) is 0 Å². The summed E-state index contributed by atoms with van der Waals surface area (Å²) < 4.78 is 16.8. The minimum Gasteiger partial charge on any atom is -0.462 e. The topological polar surface area (TPSA) is 78.9 Å². The molecule has 0 aromatic carbocycles. The lowest BCUT2D eigenvalue weighted by Gasteiger charge is -2.18. The maximum Gasteiger partial charge on any atom is 0.306 e. The summed E-state index contributed by atoms with van der Waals surface area (Å²) in [5.41, 5.74) is 0. The molecule has 0 N–H and O–H groups in total. The van der Waals surface area contributed by atoms with Crippen LogP contribution in [0.15, 0.2) is 85.1 Å². The van der Waals surface area contributed by atoms with Gasteiger partial charge in [-0.15, -0.1) is 0 Å². The second-order valence-corrected chi connectivity index (χ2v) is 21.3. The van der Waals surface area contributed by atoms with Crippen molar-refractivity contribution >= 4 is 17.9 Å². The molecule has 0 amide bonds. The molecule has 0 bridgehead atoms. The van der Waals surface area contributed by atoms with E-state index in [0.717, 1.165) is 109 Å². The third-order valence-electron chi connectivity index (χ3n) is 13.9. The van der Waals surface area contributed by atoms with Gasteiger partial charge in [-0.2, -0.15) is 0 Å². The quantitative estimate of drug-likeness (QED) is 0.0261. The summed E-state index contributed by atoms with van der Waals surface area (Å²) in [6.07, 6.45) is 83.6. The van der Waals surface area contributed by atoms with E-state index in [-0.39, 0.29) is 31.1 Å². The number of carbonyl (C=O) groups excluding carboxylic acids is 3. The minimum absolute atomic E-state index is 0.0781. The minimum atomic E-state index is -0.777. The molecule has 0 aromatic heterocycles. The molecule has 0 saturated carbocycles. The molecule has 0 aliphatic rings. The molecule has 0 aromatic rings. The molecular formula is C69H120O6. The highest BCUT2D eigenvalue weighted by molar-refractivity contribution is 5.71. The van der Waals surface area contributed by atoms with Gasteiger partial charge in [0.05, 0.1) is 0 Å². The molecule has 0 radical (unpaired) electrons. The zero-order chi connectivity index (χ0) is 54.3. The fourth-order valence-electron chi connectivity index (χ4n) is 9.09. The van der Waals surface area contributed by atoms with E-state index in [2.05, 4.69) is 106 Å². The normalized spacial score (nSPS) is 12.6. The van der Waals surface area contributed by atoms with Crippen LogP contribution in [0.25, 0.3) is 0 Å². The molecule has 0 spiro atoms. The molecule has 432 valence electrons. The van der Waals surface area contributed by atoms with Gasteiger partial charge < -0.3 is 14.2 Å². The Kier molecular flexibility index (Phi) is 60.3. The van der Waals surface area contributed by atoms with Crippen molar-refractivity contribution in [2.24, 2.45) is 0 Å². The summed E-state index contributed by atoms with van der Waals surface area (Å²) in [7, 11) is 0. The van der Waals surface area contributed by atoms with Gasteiger partial charge in [0.1, 0.15) is 13.2 Å². The van der Waals surface area contributed by atoms with Crippen molar-refractivity contribution in [3.05, 3.63) is 85.1 Å². The van der Waals surface area contributed by atoms with Crippen LogP contribution in [-0.2, 0) is 28.6 Å². The summed E-state index contributed by atoms with van der Waals surface area (Å²) >= 11 is 0. The first kappa shape index (κ1) is 71.6. The van der Waals surface area contributed by atoms with Gasteiger partial charge in [0.25, 0.3) is 0 Å². The summed E-state index contributed by atoms with van der Waals surface area (Å²) in [6.45, 7) is 6.46. The number of hydrogen-bond donors (Lipinski definition) is 0. The lowest BCUT2D eigenvalue weighted by atomic mass is 10.0. The summed E-state index contributed by atoms with van der Waals surface area (Å²) in [5.74, 6) is -0.890. The Bertz CT molecular complexity index is 1430. The van der Waals surface area contributed by atoms with Crippen molar-refractivity contribution in [3.63, 3.8) is 0 Å². The first-order valence-corrected chi connectivity index (χ1v) is 32.1. The van der Waals surface area contributed by atoms with Crippen LogP contribution in [0, 0.1) is 0 Å². The smallest absolute Gasteiger partial charge is 0.306 e. The van der Waals surface area contributed by atoms with Crippen molar-refractivity contribution in [3.8, 4) is 0 Å². The molecule has 0 saturated heterocycles. The van der Waals surface area contributed by atoms with E-state index in [9.17, 15) is 14.4 Å². The zero-order valence-corrected chi connectivity index (χ0v) is 49.6. The monoisotopic (exact) mass is 1040 g/mol. The summed E-state index contributed by atoms with van der Waals surface area (Å²) in [5, 5.41) is 0. The van der Waals surface area contributed by atoms with Crippen LogP contribution < -0.4 is 0 Å². The van der Waals surface area contributed by atoms with E-state index in [1.807, 2.05) is 0 Å². The first-order chi connectivity index (χ1) is 37.0. The number of ether oxygens (including phenoxy) is 3. The highest BCUT2D eigenvalue weighted by Crippen LogP contribution is 2.16. The number of unbranched alkanes of at least 4 members (excludes halogenated alkanes) is 33. The molecule has 1 atom stereocenters. The highest BCUT2D eigenvalue weighted by atomic mass is 16.6. The second kappa shape index (κ2) is 63.1. The van der Waals surface area contributed by atoms with Crippen LogP contribution in [-0.4, -0.2) is 37.2 Å². The van der Waals surface area contributed by atoms with Gasteiger partial charge in [0.15, 0.2) is 6.10 Å². The Morgan fingerprint density at radius 1 is 0.280 bits per heavy atom. The SMILES string of the molecule is CC/C=C\C/C=C\C/C=C\C/C=C\C/C=C\C/C=C\CCCCCCCCCCC(=O)OCC(COC(=O)CCCCCCC)OC(=O)CCCCCCCCCCCCCCC/C=C\CCCCCCCCCC. The summed E-state index contributed by atoms with van der Waals surface area (Å²) in [4.78, 5) is 37.9. The summed E-state index contributed by atoms with van der Waals surface area (Å²) in [6, 6.07) is 0. The molecule has 6 nitrogen and oxygen atoms in total. The van der Waals surface area contributed by atoms with Gasteiger partial charge >= 0.3 is 17.9 Å². The van der Waals surface area contributed by atoms with Gasteiger partial charge in [0, 0.05) is 19.3 Å². The lowest BCUT2D eigenvalue weighted by Crippen LogP contribution is -2.30. The van der Waals surface area contributed by atoms with Gasteiger partial charge in [-0.25, -0.2) is 0 Å². The Hall–Kier alpha value is -3.41. The lowest BCUT2D eigenvalue weighted by molar-refractivity contribution is -0.167. The van der Waals surface area contributed by atoms with Crippen LogP contribution in [0.1, 0.15) is 316 Å². The van der Waals surface area contributed by atoms with E-state index in [1.54, 1.807) is 0 Å². The van der Waals surface area contributed by atoms with E-state index in [4.69, 9.17) is 14.2 Å². The van der Waals surface area contributed by atoms with Crippen molar-refractivity contribution in [1.82, 2.24) is 0 Å². The van der Waals surface area contributed by atoms with E-state index in [1.165, 1.54) is 167 Å². The number of allylic oxidation sites excluding steroid dienone is 14. The molecule has 0 fully saturated rings. The molecule has 0 aliphatic heterocycles. The van der Waals surface area contributed by atoms with Crippen molar-refractivity contribution in [2.45, 2.75) is 322 Å². The molecule has 75 heavy (non-hydrogen) atoms. The predicted molar refractivity (Wildman–Crippen MR) is 325 cm³/mol. The Balaban J connectivity index is 4.06. The van der Waals surface area contributed by atoms with Crippen molar-refractivity contribution in [2.75, 3.05) is 13.2 Å². The van der Waals surface area contributed by atoms with Crippen LogP contribution in [0.3, 0.4) is 0 Å². The number of carbonyl (C=O) groups is 3. The van der Waals surface area contributed by atoms with Crippen LogP contribution in [0.2, 0.25) is 0 Å². The number of hydrogen-bond acceptors (Lipinski definition) is 6. The van der Waals surface area contributed by atoms with E-state index < -0.39 is 6.10 Å². The molecule has 1 unspecified atom stereocenters. The zero-order valence-electron chi connectivity index (χ0n) is 49.6. The second-order valence-electron chi connectivity index (χ2n) is 21.3. The molecule has 6 heteroatoms. The standard InChI is InChI=1S/C69H120O6/c1-4-7-10-13-15-17-19-21-23-25-27-29-31-33-34-36-37-39-41-43-45-47-49-51-53-56-59-62-68(71)74-65-66(64-73-67(70)61-58-55-12-9-6-3)75-69(72)63-60-57-54-52-50-48-46-44-42-40-38-35-32-30-28-26-24-22-20-18-16-14-11-8-5-2/h7,10,15,17,21,23,26-29,33-34,37,39,66H,4-6,8-9,11-14,16,18-20,22,24-25,30-32,35-36,38,40-65H2,1-3H3/b10-7-,17-15-,23-21-,28-26-,29-27-,34-33-,39-37-. The third-order valence-corrected chi connectivity index (χ3v) is 13.9. The maximum absolute atomic E-state index is 12.8. The first-order valence-electron chi connectivity index (χ1n) is 32.1. The van der Waals surface area contributed by atoms with E-state index >= 15 is 0 Å². The van der Waals surface area contributed by atoms with Crippen molar-refractivity contribution < 1.29 is 28.6 Å². The Morgan fingerprint density at radius 2 is 0.520 bits per heavy atom. The Morgan fingerprint density at radius 3 is 0.827 bits per heavy atom. The maximum atomic E-state index is 12.8. The van der Waals surface area contributed by atoms with Gasteiger partial charge in [-0.05, 0) is 96.3 Å². The Labute approximate surface area is 465 Å². The van der Waals surface area contributed by atoms with Gasteiger partial charge in [-0.1, -0.05) is 286 Å². The fraction of sp³-hybridized carbons (Fsp3) is 0.754. The largest absolute Gasteiger partial charge is 0.462 e.